The second kappa shape index (κ2) is 8.33. The van der Waals surface area contributed by atoms with Gasteiger partial charge in [0.25, 0.3) is 0 Å². The topological polar surface area (TPSA) is 65.0 Å². The van der Waals surface area contributed by atoms with Crippen LogP contribution in [-0.2, 0) is 9.84 Å². The molecule has 1 heterocycles. The molecule has 0 amide bonds. The van der Waals surface area contributed by atoms with Crippen LogP contribution in [0.25, 0.3) is 0 Å². The van der Waals surface area contributed by atoms with Crippen molar-refractivity contribution < 1.29 is 8.42 Å². The van der Waals surface area contributed by atoms with E-state index < -0.39 is 14.6 Å². The molecule has 1 saturated heterocycles. The van der Waals surface area contributed by atoms with Crippen molar-refractivity contribution in [3.05, 3.63) is 0 Å². The number of guanidine groups is 1. The maximum Gasteiger partial charge on any atom is 0.193 e. The average Bonchev–Trinajstić information content (AvgIpc) is 2.32. The summed E-state index contributed by atoms with van der Waals surface area (Å²) in [6.45, 7) is 10.7. The standard InChI is InChI=1S/C15H32N4O2S.HI/c1-14(2,11-18(6)7)10-17-13(16-5)19-8-9-22(20,21)15(3,4)12-19;/h8-12H2,1-7H3,(H,16,17);1H. The highest BCUT2D eigenvalue weighted by molar-refractivity contribution is 14.0. The molecule has 23 heavy (non-hydrogen) atoms. The lowest BCUT2D eigenvalue weighted by molar-refractivity contribution is 0.237. The molecule has 1 N–H and O–H groups in total. The highest BCUT2D eigenvalue weighted by atomic mass is 127. The van der Waals surface area contributed by atoms with E-state index in [4.69, 9.17) is 0 Å². The van der Waals surface area contributed by atoms with Gasteiger partial charge in [-0.1, -0.05) is 13.8 Å². The zero-order chi connectivity index (χ0) is 17.2. The van der Waals surface area contributed by atoms with Crippen LogP contribution in [-0.4, -0.2) is 82.0 Å². The fraction of sp³-hybridized carbons (Fsp3) is 0.933. The van der Waals surface area contributed by atoms with E-state index in [1.54, 1.807) is 20.9 Å². The molecule has 1 fully saturated rings. The van der Waals surface area contributed by atoms with Gasteiger partial charge in [-0.05, 0) is 33.4 Å². The number of halogens is 1. The summed E-state index contributed by atoms with van der Waals surface area (Å²) in [5.41, 5.74) is 0.108. The Balaban J connectivity index is 0.00000484. The third-order valence-corrected chi connectivity index (χ3v) is 6.56. The number of hydrogen-bond donors (Lipinski definition) is 1. The Morgan fingerprint density at radius 3 is 2.35 bits per heavy atom. The predicted molar refractivity (Wildman–Crippen MR) is 109 cm³/mol. The van der Waals surface area contributed by atoms with E-state index in [0.29, 0.717) is 13.1 Å². The molecule has 0 radical (unpaired) electrons. The quantitative estimate of drug-likeness (QED) is 0.389. The van der Waals surface area contributed by atoms with Gasteiger partial charge in [0.1, 0.15) is 0 Å². The lowest BCUT2D eigenvalue weighted by atomic mass is 9.93. The summed E-state index contributed by atoms with van der Waals surface area (Å²) < 4.78 is 23.5. The first-order valence-corrected chi connectivity index (χ1v) is 9.38. The molecule has 0 aromatic heterocycles. The molecule has 1 aliphatic heterocycles. The van der Waals surface area contributed by atoms with Gasteiger partial charge in [0.05, 0.1) is 10.5 Å². The molecular formula is C15H33IN4O2S. The first kappa shape index (κ1) is 22.9. The maximum atomic E-state index is 12.1. The molecular weight excluding hydrogens is 427 g/mol. The molecule has 0 aromatic carbocycles. The fourth-order valence-electron chi connectivity index (χ4n) is 2.89. The number of hydrogen-bond acceptors (Lipinski definition) is 4. The molecule has 8 heteroatoms. The minimum Gasteiger partial charge on any atom is -0.356 e. The molecule has 1 rings (SSSR count). The Kier molecular flexibility index (Phi) is 8.30. The summed E-state index contributed by atoms with van der Waals surface area (Å²) in [4.78, 5) is 8.55. The van der Waals surface area contributed by atoms with Crippen LogP contribution in [0.5, 0.6) is 0 Å². The van der Waals surface area contributed by atoms with Crippen molar-refractivity contribution in [2.75, 3.05) is 53.1 Å². The number of rotatable bonds is 4. The SMILES string of the molecule is CN=C(NCC(C)(C)CN(C)C)N1CCS(=O)(=O)C(C)(C)C1.I. The molecule has 1 aliphatic rings. The molecule has 138 valence electrons. The minimum absolute atomic E-state index is 0. The maximum absolute atomic E-state index is 12.1. The number of nitrogens with zero attached hydrogens (tertiary/aromatic N) is 3. The Morgan fingerprint density at radius 1 is 1.35 bits per heavy atom. The van der Waals surface area contributed by atoms with Gasteiger partial charge in [0, 0.05) is 33.2 Å². The normalized spacial score (nSPS) is 21.0. The van der Waals surface area contributed by atoms with E-state index in [1.807, 2.05) is 4.90 Å². The summed E-state index contributed by atoms with van der Waals surface area (Å²) in [6, 6.07) is 0. The van der Waals surface area contributed by atoms with Crippen LogP contribution >= 0.6 is 24.0 Å². The van der Waals surface area contributed by atoms with Crippen LogP contribution in [0.4, 0.5) is 0 Å². The largest absolute Gasteiger partial charge is 0.356 e. The molecule has 0 aliphatic carbocycles. The van der Waals surface area contributed by atoms with Gasteiger partial charge in [-0.25, -0.2) is 8.42 Å². The minimum atomic E-state index is -3.03. The van der Waals surface area contributed by atoms with Gasteiger partial charge in [0.15, 0.2) is 15.8 Å². The van der Waals surface area contributed by atoms with Gasteiger partial charge in [-0.15, -0.1) is 24.0 Å². The van der Waals surface area contributed by atoms with Gasteiger partial charge in [-0.3, -0.25) is 4.99 Å². The lowest BCUT2D eigenvalue weighted by Crippen LogP contribution is -2.58. The van der Waals surface area contributed by atoms with Gasteiger partial charge < -0.3 is 15.1 Å². The second-order valence-corrected chi connectivity index (χ2v) is 10.5. The summed E-state index contributed by atoms with van der Waals surface area (Å²) >= 11 is 0. The Morgan fingerprint density at radius 2 is 1.91 bits per heavy atom. The zero-order valence-electron chi connectivity index (χ0n) is 15.5. The van der Waals surface area contributed by atoms with E-state index >= 15 is 0 Å². The summed E-state index contributed by atoms with van der Waals surface area (Å²) in [7, 11) is 2.85. The van der Waals surface area contributed by atoms with Crippen LogP contribution < -0.4 is 5.32 Å². The Bertz CT molecular complexity index is 516. The van der Waals surface area contributed by atoms with Crippen molar-refractivity contribution in [1.82, 2.24) is 15.1 Å². The third-order valence-electron chi connectivity index (χ3n) is 4.02. The Labute approximate surface area is 159 Å². The first-order chi connectivity index (χ1) is 9.90. The molecule has 6 nitrogen and oxygen atoms in total. The molecule has 0 spiro atoms. The molecule has 0 atom stereocenters. The average molecular weight is 460 g/mol. The lowest BCUT2D eigenvalue weighted by Gasteiger charge is -2.40. The van der Waals surface area contributed by atoms with Crippen LogP contribution in [0.1, 0.15) is 27.7 Å². The van der Waals surface area contributed by atoms with Crippen LogP contribution in [0.3, 0.4) is 0 Å². The van der Waals surface area contributed by atoms with Crippen LogP contribution in [0.15, 0.2) is 4.99 Å². The van der Waals surface area contributed by atoms with Crippen molar-refractivity contribution in [3.8, 4) is 0 Å². The molecule has 0 saturated carbocycles. The van der Waals surface area contributed by atoms with Gasteiger partial charge in [0.2, 0.25) is 0 Å². The van der Waals surface area contributed by atoms with Crippen molar-refractivity contribution in [2.24, 2.45) is 10.4 Å². The van der Waals surface area contributed by atoms with Crippen molar-refractivity contribution in [2.45, 2.75) is 32.4 Å². The second-order valence-electron chi connectivity index (χ2n) is 7.80. The van der Waals surface area contributed by atoms with E-state index in [0.717, 1.165) is 19.0 Å². The monoisotopic (exact) mass is 460 g/mol. The predicted octanol–water partition coefficient (Wildman–Crippen LogP) is 1.28. The van der Waals surface area contributed by atoms with E-state index in [-0.39, 0.29) is 35.1 Å². The highest BCUT2D eigenvalue weighted by Crippen LogP contribution is 2.24. The van der Waals surface area contributed by atoms with Gasteiger partial charge >= 0.3 is 0 Å². The highest BCUT2D eigenvalue weighted by Gasteiger charge is 2.41. The van der Waals surface area contributed by atoms with Crippen molar-refractivity contribution in [3.63, 3.8) is 0 Å². The molecule has 0 unspecified atom stereocenters. The summed E-state index contributed by atoms with van der Waals surface area (Å²) in [5, 5.41) is 3.40. The number of sulfone groups is 1. The van der Waals surface area contributed by atoms with E-state index in [1.165, 1.54) is 0 Å². The van der Waals surface area contributed by atoms with Crippen molar-refractivity contribution >= 4 is 39.8 Å². The molecule has 0 bridgehead atoms. The number of aliphatic imine (C=N–C) groups is 1. The fourth-order valence-corrected chi connectivity index (χ4v) is 4.25. The summed E-state index contributed by atoms with van der Waals surface area (Å²) in [6.07, 6.45) is 0. The van der Waals surface area contributed by atoms with Crippen LogP contribution in [0, 0.1) is 5.41 Å². The smallest absolute Gasteiger partial charge is 0.193 e. The first-order valence-electron chi connectivity index (χ1n) is 7.73. The van der Waals surface area contributed by atoms with Crippen molar-refractivity contribution in [1.29, 1.82) is 0 Å². The Hall–Kier alpha value is -0.0900. The van der Waals surface area contributed by atoms with Crippen LogP contribution in [0.2, 0.25) is 0 Å². The van der Waals surface area contributed by atoms with Gasteiger partial charge in [-0.2, -0.15) is 0 Å². The van der Waals surface area contributed by atoms with E-state index in [2.05, 4.69) is 43.2 Å². The summed E-state index contributed by atoms with van der Waals surface area (Å²) in [5.74, 6) is 0.969. The number of nitrogens with one attached hydrogen (secondary N) is 1. The third kappa shape index (κ3) is 6.38. The van der Waals surface area contributed by atoms with E-state index in [9.17, 15) is 8.42 Å². The molecule has 0 aromatic rings. The zero-order valence-corrected chi connectivity index (χ0v) is 18.7.